The van der Waals surface area contributed by atoms with E-state index in [2.05, 4.69) is 15.2 Å². The minimum Gasteiger partial charge on any atom is -0.435 e. The van der Waals surface area contributed by atoms with E-state index in [0.29, 0.717) is 13.1 Å². The summed E-state index contributed by atoms with van der Waals surface area (Å²) < 4.78 is 30.4. The lowest BCUT2D eigenvalue weighted by Gasteiger charge is -2.18. The molecule has 0 unspecified atom stereocenters. The summed E-state index contributed by atoms with van der Waals surface area (Å²) in [6.45, 7) is -2.17. The molecule has 2 aromatic carbocycles. The van der Waals surface area contributed by atoms with Crippen LogP contribution in [0.5, 0.6) is 5.75 Å². The Morgan fingerprint density at radius 1 is 1.14 bits per heavy atom. The van der Waals surface area contributed by atoms with Crippen LogP contribution in [0.2, 0.25) is 0 Å². The van der Waals surface area contributed by atoms with E-state index >= 15 is 0 Å². The molecule has 1 N–H and O–H groups in total. The summed E-state index contributed by atoms with van der Waals surface area (Å²) >= 11 is 0. The molecule has 1 heterocycles. The Balaban J connectivity index is 1.50. The van der Waals surface area contributed by atoms with Crippen molar-refractivity contribution in [2.24, 2.45) is 0 Å². The molecule has 146 valence electrons. The average molecular weight is 386 g/mol. The van der Waals surface area contributed by atoms with Crippen LogP contribution in [0.1, 0.15) is 11.1 Å². The van der Waals surface area contributed by atoms with Gasteiger partial charge in [0.25, 0.3) is 0 Å². The van der Waals surface area contributed by atoms with Gasteiger partial charge >= 0.3 is 12.6 Å². The number of para-hydroxylation sites is 1. The second-order valence-corrected chi connectivity index (χ2v) is 6.17. The molecule has 3 aromatic rings. The molecular weight excluding hydrogens is 366 g/mol. The first-order valence-corrected chi connectivity index (χ1v) is 8.63. The second-order valence-electron chi connectivity index (χ2n) is 6.17. The average Bonchev–Trinajstić information content (AvgIpc) is 3.17. The van der Waals surface area contributed by atoms with Gasteiger partial charge in [-0.3, -0.25) is 0 Å². The van der Waals surface area contributed by atoms with E-state index in [1.807, 2.05) is 36.5 Å². The van der Waals surface area contributed by atoms with Crippen molar-refractivity contribution in [1.82, 2.24) is 20.0 Å². The fourth-order valence-electron chi connectivity index (χ4n) is 2.61. The van der Waals surface area contributed by atoms with Gasteiger partial charge < -0.3 is 15.0 Å². The number of hydrogen-bond acceptors (Lipinski definition) is 3. The van der Waals surface area contributed by atoms with Gasteiger partial charge in [-0.15, -0.1) is 0 Å². The predicted molar refractivity (Wildman–Crippen MR) is 100 cm³/mol. The molecule has 0 radical (unpaired) electrons. The van der Waals surface area contributed by atoms with Gasteiger partial charge in [0.1, 0.15) is 5.75 Å². The Hall–Kier alpha value is -3.42. The van der Waals surface area contributed by atoms with Crippen molar-refractivity contribution in [2.75, 3.05) is 7.05 Å². The summed E-state index contributed by atoms with van der Waals surface area (Å²) in [5.74, 6) is 0.0845. The molecule has 2 amide bonds. The molecule has 0 atom stereocenters. The Bertz CT molecular complexity index is 898. The minimum absolute atomic E-state index is 0.0845. The highest BCUT2D eigenvalue weighted by atomic mass is 19.3. The maximum absolute atomic E-state index is 12.3. The molecule has 0 saturated carbocycles. The van der Waals surface area contributed by atoms with Crippen LogP contribution in [0.15, 0.2) is 67.0 Å². The first-order chi connectivity index (χ1) is 13.5. The number of amides is 2. The molecular formula is C20H20F2N4O2. The summed E-state index contributed by atoms with van der Waals surface area (Å²) in [7, 11) is 1.66. The second kappa shape index (κ2) is 8.98. The zero-order valence-electron chi connectivity index (χ0n) is 15.3. The number of nitrogens with one attached hydrogen (secondary N) is 1. The van der Waals surface area contributed by atoms with E-state index in [1.165, 1.54) is 17.0 Å². The fraction of sp³-hybridized carbons (Fsp3) is 0.200. The Morgan fingerprint density at radius 3 is 2.54 bits per heavy atom. The number of hydrogen-bond donors (Lipinski definition) is 1. The van der Waals surface area contributed by atoms with Gasteiger partial charge in [0.15, 0.2) is 0 Å². The maximum Gasteiger partial charge on any atom is 0.387 e. The van der Waals surface area contributed by atoms with Gasteiger partial charge in [-0.05, 0) is 29.8 Å². The lowest BCUT2D eigenvalue weighted by Crippen LogP contribution is -2.36. The number of nitrogens with zero attached hydrogens (tertiary/aromatic N) is 3. The van der Waals surface area contributed by atoms with Crippen molar-refractivity contribution >= 4 is 6.03 Å². The fourth-order valence-corrected chi connectivity index (χ4v) is 2.61. The molecule has 0 saturated heterocycles. The van der Waals surface area contributed by atoms with E-state index in [-0.39, 0.29) is 11.8 Å². The largest absolute Gasteiger partial charge is 0.435 e. The third-order valence-corrected chi connectivity index (χ3v) is 4.02. The Labute approximate surface area is 161 Å². The zero-order chi connectivity index (χ0) is 19.9. The topological polar surface area (TPSA) is 59.4 Å². The van der Waals surface area contributed by atoms with Crippen molar-refractivity contribution < 1.29 is 18.3 Å². The zero-order valence-corrected chi connectivity index (χ0v) is 15.3. The Kier molecular flexibility index (Phi) is 6.21. The summed E-state index contributed by atoms with van der Waals surface area (Å²) in [4.78, 5) is 13.8. The first kappa shape index (κ1) is 19.3. The highest BCUT2D eigenvalue weighted by Crippen LogP contribution is 2.16. The summed E-state index contributed by atoms with van der Waals surface area (Å²) in [6, 6.07) is 15.6. The number of alkyl halides is 2. The third-order valence-electron chi connectivity index (χ3n) is 4.02. The number of benzene rings is 2. The summed E-state index contributed by atoms with van der Waals surface area (Å²) in [5, 5.41) is 7.12. The minimum atomic E-state index is -2.86. The number of carbonyl (C=O) groups excluding carboxylic acids is 1. The standard InChI is InChI=1S/C20H20F2N4O2/c1-25(13-15-7-9-18(10-8-15)28-19(21)22)20(27)23-11-16-12-24-26(14-16)17-5-3-2-4-6-17/h2-10,12,14,19H,11,13H2,1H3,(H,23,27). The molecule has 0 bridgehead atoms. The molecule has 0 spiro atoms. The van der Waals surface area contributed by atoms with Crippen molar-refractivity contribution in [3.63, 3.8) is 0 Å². The van der Waals surface area contributed by atoms with Crippen LogP contribution >= 0.6 is 0 Å². The molecule has 0 aliphatic rings. The lowest BCUT2D eigenvalue weighted by molar-refractivity contribution is -0.0498. The lowest BCUT2D eigenvalue weighted by atomic mass is 10.2. The van der Waals surface area contributed by atoms with E-state index in [4.69, 9.17) is 0 Å². The van der Waals surface area contributed by atoms with Crippen molar-refractivity contribution in [1.29, 1.82) is 0 Å². The van der Waals surface area contributed by atoms with Gasteiger partial charge in [0, 0.05) is 31.9 Å². The van der Waals surface area contributed by atoms with Crippen LogP contribution in [-0.2, 0) is 13.1 Å². The number of urea groups is 1. The van der Waals surface area contributed by atoms with Crippen LogP contribution < -0.4 is 10.1 Å². The maximum atomic E-state index is 12.3. The number of carbonyl (C=O) groups is 1. The van der Waals surface area contributed by atoms with E-state index in [9.17, 15) is 13.6 Å². The molecule has 8 heteroatoms. The molecule has 6 nitrogen and oxygen atoms in total. The van der Waals surface area contributed by atoms with Crippen LogP contribution in [0.4, 0.5) is 13.6 Å². The van der Waals surface area contributed by atoms with Gasteiger partial charge in [0.05, 0.1) is 11.9 Å². The quantitative estimate of drug-likeness (QED) is 0.672. The number of rotatable bonds is 7. The summed E-state index contributed by atoms with van der Waals surface area (Å²) in [5.41, 5.74) is 2.62. The molecule has 0 aliphatic carbocycles. The number of ether oxygens (including phenoxy) is 1. The van der Waals surface area contributed by atoms with Crippen LogP contribution in [0.3, 0.4) is 0 Å². The van der Waals surface area contributed by atoms with E-state index in [1.54, 1.807) is 30.1 Å². The van der Waals surface area contributed by atoms with Crippen molar-refractivity contribution in [3.05, 3.63) is 78.1 Å². The van der Waals surface area contributed by atoms with Crippen LogP contribution in [0.25, 0.3) is 5.69 Å². The monoisotopic (exact) mass is 386 g/mol. The highest BCUT2D eigenvalue weighted by molar-refractivity contribution is 5.73. The summed E-state index contributed by atoms with van der Waals surface area (Å²) in [6.07, 6.45) is 3.56. The highest BCUT2D eigenvalue weighted by Gasteiger charge is 2.10. The predicted octanol–water partition coefficient (Wildman–Crippen LogP) is 3.82. The van der Waals surface area contributed by atoms with Crippen LogP contribution in [0, 0.1) is 0 Å². The van der Waals surface area contributed by atoms with Gasteiger partial charge in [0.2, 0.25) is 0 Å². The van der Waals surface area contributed by atoms with E-state index < -0.39 is 6.61 Å². The van der Waals surface area contributed by atoms with Crippen LogP contribution in [-0.4, -0.2) is 34.4 Å². The number of halogens is 2. The SMILES string of the molecule is CN(Cc1ccc(OC(F)F)cc1)C(=O)NCc1cnn(-c2ccccc2)c1. The first-order valence-electron chi connectivity index (χ1n) is 8.63. The van der Waals surface area contributed by atoms with Gasteiger partial charge in [-0.25, -0.2) is 9.48 Å². The number of aromatic nitrogens is 2. The molecule has 0 aliphatic heterocycles. The van der Waals surface area contributed by atoms with E-state index in [0.717, 1.165) is 16.8 Å². The molecule has 3 rings (SSSR count). The van der Waals surface area contributed by atoms with Gasteiger partial charge in [-0.1, -0.05) is 30.3 Å². The third kappa shape index (κ3) is 5.29. The van der Waals surface area contributed by atoms with Crippen molar-refractivity contribution in [2.45, 2.75) is 19.7 Å². The Morgan fingerprint density at radius 2 is 1.86 bits per heavy atom. The molecule has 1 aromatic heterocycles. The normalized spacial score (nSPS) is 10.7. The van der Waals surface area contributed by atoms with Gasteiger partial charge in [-0.2, -0.15) is 13.9 Å². The smallest absolute Gasteiger partial charge is 0.387 e. The molecule has 28 heavy (non-hydrogen) atoms. The van der Waals surface area contributed by atoms with Crippen molar-refractivity contribution in [3.8, 4) is 11.4 Å². The molecule has 0 fully saturated rings.